The minimum atomic E-state index is -4.29. The van der Waals surface area contributed by atoms with Crippen LogP contribution in [0.1, 0.15) is 43.2 Å². The average Bonchev–Trinajstić information content (AvgIpc) is 2.98. The summed E-state index contributed by atoms with van der Waals surface area (Å²) in [5.41, 5.74) is 0.269. The van der Waals surface area contributed by atoms with Crippen LogP contribution in [0, 0.1) is 0 Å². The maximum absolute atomic E-state index is 12.8. The molecule has 0 N–H and O–H groups in total. The summed E-state index contributed by atoms with van der Waals surface area (Å²) in [7, 11) is 0. The third kappa shape index (κ3) is 3.93. The molecular formula is C20H26F3N3O. The van der Waals surface area contributed by atoms with E-state index in [2.05, 4.69) is 9.80 Å². The first-order valence-electron chi connectivity index (χ1n) is 9.87. The van der Waals surface area contributed by atoms with E-state index in [1.54, 1.807) is 12.1 Å². The first-order chi connectivity index (χ1) is 12.9. The lowest BCUT2D eigenvalue weighted by Gasteiger charge is -2.36. The van der Waals surface area contributed by atoms with Gasteiger partial charge >= 0.3 is 12.2 Å². The third-order valence-corrected chi connectivity index (χ3v) is 6.17. The molecule has 0 unspecified atom stereocenters. The molecule has 3 fully saturated rings. The molecule has 27 heavy (non-hydrogen) atoms. The van der Waals surface area contributed by atoms with Crippen molar-refractivity contribution < 1.29 is 18.0 Å². The van der Waals surface area contributed by atoms with Gasteiger partial charge in [0.15, 0.2) is 0 Å². The van der Waals surface area contributed by atoms with Crippen molar-refractivity contribution in [1.29, 1.82) is 0 Å². The summed E-state index contributed by atoms with van der Waals surface area (Å²) in [5.74, 6) is 0. The van der Waals surface area contributed by atoms with Crippen LogP contribution in [0.2, 0.25) is 0 Å². The molecule has 0 aromatic heterocycles. The molecule has 0 bridgehead atoms. The molecule has 2 heterocycles. The number of urea groups is 1. The van der Waals surface area contributed by atoms with Gasteiger partial charge in [-0.2, -0.15) is 13.2 Å². The van der Waals surface area contributed by atoms with Gasteiger partial charge in [-0.25, -0.2) is 4.79 Å². The number of alkyl halides is 3. The fraction of sp³-hybridized carbons (Fsp3) is 0.650. The zero-order valence-electron chi connectivity index (χ0n) is 15.4. The molecule has 2 amide bonds. The molecule has 0 radical (unpaired) electrons. The number of hydrogen-bond acceptors (Lipinski definition) is 2. The van der Waals surface area contributed by atoms with Crippen LogP contribution in [0.4, 0.5) is 18.0 Å². The van der Waals surface area contributed by atoms with Crippen molar-refractivity contribution in [2.45, 2.75) is 56.9 Å². The van der Waals surface area contributed by atoms with Crippen LogP contribution in [0.5, 0.6) is 0 Å². The number of hydrogen-bond donors (Lipinski definition) is 0. The minimum Gasteiger partial charge on any atom is -0.320 e. The van der Waals surface area contributed by atoms with E-state index in [9.17, 15) is 18.0 Å². The first-order valence-corrected chi connectivity index (χ1v) is 9.87. The highest BCUT2D eigenvalue weighted by Crippen LogP contribution is 2.31. The largest absolute Gasteiger partial charge is 0.416 e. The lowest BCUT2D eigenvalue weighted by molar-refractivity contribution is -0.137. The second-order valence-electron chi connectivity index (χ2n) is 8.00. The number of piperazine rings is 1. The van der Waals surface area contributed by atoms with Crippen LogP contribution >= 0.6 is 0 Å². The number of amides is 2. The van der Waals surface area contributed by atoms with Crippen LogP contribution in [0.15, 0.2) is 24.3 Å². The summed E-state index contributed by atoms with van der Waals surface area (Å²) in [6.45, 7) is 3.66. The molecule has 7 heteroatoms. The smallest absolute Gasteiger partial charge is 0.320 e. The SMILES string of the molecule is O=C1N(C2CCCCC2)C[C@H]2CN(Cc3ccc(C(F)(F)F)cc3)CCN12. The number of rotatable bonds is 3. The molecule has 2 saturated heterocycles. The average molecular weight is 381 g/mol. The lowest BCUT2D eigenvalue weighted by atomic mass is 9.94. The summed E-state index contributed by atoms with van der Waals surface area (Å²) in [4.78, 5) is 19.1. The Kier molecular flexibility index (Phi) is 5.05. The third-order valence-electron chi connectivity index (χ3n) is 6.17. The van der Waals surface area contributed by atoms with Crippen molar-refractivity contribution in [2.75, 3.05) is 26.2 Å². The second-order valence-corrected chi connectivity index (χ2v) is 8.00. The highest BCUT2D eigenvalue weighted by molar-refractivity contribution is 5.77. The van der Waals surface area contributed by atoms with E-state index in [4.69, 9.17) is 0 Å². The Hall–Kier alpha value is -1.76. The van der Waals surface area contributed by atoms with Gasteiger partial charge in [-0.1, -0.05) is 31.4 Å². The number of halogens is 3. The minimum absolute atomic E-state index is 0.182. The number of benzene rings is 1. The Labute approximate surface area is 157 Å². The van der Waals surface area contributed by atoms with Gasteiger partial charge in [0.05, 0.1) is 11.6 Å². The summed E-state index contributed by atoms with van der Waals surface area (Å²) in [5, 5.41) is 0. The fourth-order valence-electron chi connectivity index (χ4n) is 4.70. The Balaban J connectivity index is 1.36. The topological polar surface area (TPSA) is 26.8 Å². The van der Waals surface area contributed by atoms with Gasteiger partial charge in [0.25, 0.3) is 0 Å². The van der Waals surface area contributed by atoms with Crippen LogP contribution < -0.4 is 0 Å². The molecule has 3 aliphatic rings. The van der Waals surface area contributed by atoms with Gasteiger partial charge in [0, 0.05) is 38.8 Å². The first kappa shape index (κ1) is 18.6. The number of nitrogens with zero attached hydrogens (tertiary/aromatic N) is 3. The predicted octanol–water partition coefficient (Wildman–Crippen LogP) is 3.96. The normalized spacial score (nSPS) is 25.1. The van der Waals surface area contributed by atoms with E-state index >= 15 is 0 Å². The zero-order valence-corrected chi connectivity index (χ0v) is 15.4. The summed E-state index contributed by atoms with van der Waals surface area (Å²) in [6, 6.07) is 6.18. The van der Waals surface area contributed by atoms with Gasteiger partial charge in [0.2, 0.25) is 0 Å². The van der Waals surface area contributed by atoms with Gasteiger partial charge in [-0.3, -0.25) is 4.90 Å². The van der Waals surface area contributed by atoms with E-state index in [-0.39, 0.29) is 12.1 Å². The van der Waals surface area contributed by atoms with Crippen molar-refractivity contribution in [3.63, 3.8) is 0 Å². The van der Waals surface area contributed by atoms with Crippen molar-refractivity contribution in [1.82, 2.24) is 14.7 Å². The quantitative estimate of drug-likeness (QED) is 0.792. The second kappa shape index (κ2) is 7.34. The molecule has 4 nitrogen and oxygen atoms in total. The van der Waals surface area contributed by atoms with Gasteiger partial charge in [-0.15, -0.1) is 0 Å². The van der Waals surface area contributed by atoms with E-state index in [1.165, 1.54) is 19.3 Å². The highest BCUT2D eigenvalue weighted by Gasteiger charge is 2.43. The van der Waals surface area contributed by atoms with Crippen LogP contribution in [-0.2, 0) is 12.7 Å². The number of carbonyl (C=O) groups excluding carboxylic acids is 1. The van der Waals surface area contributed by atoms with Crippen molar-refractivity contribution in [3.8, 4) is 0 Å². The molecule has 0 spiro atoms. The Morgan fingerprint density at radius 3 is 2.26 bits per heavy atom. The molecule has 1 aromatic carbocycles. The van der Waals surface area contributed by atoms with E-state index in [0.717, 1.165) is 50.2 Å². The van der Waals surface area contributed by atoms with Gasteiger partial charge < -0.3 is 9.80 Å². The van der Waals surface area contributed by atoms with E-state index < -0.39 is 11.7 Å². The fourth-order valence-corrected chi connectivity index (χ4v) is 4.70. The van der Waals surface area contributed by atoms with Crippen LogP contribution in [-0.4, -0.2) is 59.0 Å². The van der Waals surface area contributed by atoms with Crippen molar-refractivity contribution in [3.05, 3.63) is 35.4 Å². The van der Waals surface area contributed by atoms with E-state index in [1.807, 2.05) is 4.90 Å². The van der Waals surface area contributed by atoms with Gasteiger partial charge in [0.1, 0.15) is 0 Å². The molecule has 148 valence electrons. The molecule has 1 aliphatic carbocycles. The standard InChI is InChI=1S/C20H26F3N3O/c21-20(22,23)16-8-6-15(7-9-16)12-24-10-11-25-18(13-24)14-26(19(25)27)17-4-2-1-3-5-17/h6-9,17-18H,1-5,10-14H2/t18-/m1/s1. The molecule has 4 rings (SSSR count). The van der Waals surface area contributed by atoms with Crippen molar-refractivity contribution in [2.24, 2.45) is 0 Å². The monoisotopic (exact) mass is 381 g/mol. The molecule has 2 aliphatic heterocycles. The maximum atomic E-state index is 12.8. The number of carbonyl (C=O) groups is 1. The van der Waals surface area contributed by atoms with Crippen molar-refractivity contribution >= 4 is 6.03 Å². The van der Waals surface area contributed by atoms with Crippen LogP contribution in [0.3, 0.4) is 0 Å². The molecule has 1 aromatic rings. The number of fused-ring (bicyclic) bond motifs is 1. The molecular weight excluding hydrogens is 355 g/mol. The molecule has 1 saturated carbocycles. The van der Waals surface area contributed by atoms with Gasteiger partial charge in [-0.05, 0) is 30.5 Å². The zero-order chi connectivity index (χ0) is 19.0. The Bertz CT molecular complexity index is 670. The highest BCUT2D eigenvalue weighted by atomic mass is 19.4. The lowest BCUT2D eigenvalue weighted by Crippen LogP contribution is -2.51. The maximum Gasteiger partial charge on any atom is 0.416 e. The Morgan fingerprint density at radius 2 is 1.59 bits per heavy atom. The summed E-state index contributed by atoms with van der Waals surface area (Å²) >= 11 is 0. The van der Waals surface area contributed by atoms with E-state index in [0.29, 0.717) is 19.1 Å². The predicted molar refractivity (Wildman–Crippen MR) is 96.2 cm³/mol. The Morgan fingerprint density at radius 1 is 0.889 bits per heavy atom. The summed E-state index contributed by atoms with van der Waals surface area (Å²) in [6.07, 6.45) is 1.62. The molecule has 1 atom stereocenters. The summed E-state index contributed by atoms with van der Waals surface area (Å²) < 4.78 is 38.1. The van der Waals surface area contributed by atoms with Crippen LogP contribution in [0.25, 0.3) is 0 Å².